The lowest BCUT2D eigenvalue weighted by atomic mass is 10.0. The van der Waals surface area contributed by atoms with E-state index in [2.05, 4.69) is 5.32 Å². The van der Waals surface area contributed by atoms with Crippen LogP contribution < -0.4 is 9.62 Å². The van der Waals surface area contributed by atoms with E-state index in [1.165, 1.54) is 5.56 Å². The third kappa shape index (κ3) is 4.64. The van der Waals surface area contributed by atoms with Crippen molar-refractivity contribution in [3.05, 3.63) is 65.2 Å². The van der Waals surface area contributed by atoms with Crippen molar-refractivity contribution in [1.29, 1.82) is 0 Å². The average molecular weight is 375 g/mol. The van der Waals surface area contributed by atoms with Crippen LogP contribution in [0.2, 0.25) is 0 Å². The molecule has 2 aromatic rings. The first-order valence-electron chi connectivity index (χ1n) is 8.53. The number of hydrogen-bond acceptors (Lipinski definition) is 3. The molecule has 6 heteroatoms. The zero-order chi connectivity index (χ0) is 19.5. The molecule has 0 aliphatic carbocycles. The predicted molar refractivity (Wildman–Crippen MR) is 106 cm³/mol. The topological polar surface area (TPSA) is 66.5 Å². The molecule has 0 unspecified atom stereocenters. The van der Waals surface area contributed by atoms with Crippen LogP contribution in [0.25, 0.3) is 0 Å². The summed E-state index contributed by atoms with van der Waals surface area (Å²) in [6.45, 7) is 7.55. The molecule has 2 rings (SSSR count). The molecule has 0 aliphatic heterocycles. The largest absolute Gasteiger partial charge is 0.348 e. The molecule has 0 saturated heterocycles. The molecule has 0 saturated carbocycles. The van der Waals surface area contributed by atoms with Gasteiger partial charge in [-0.25, -0.2) is 8.42 Å². The maximum atomic E-state index is 12.7. The summed E-state index contributed by atoms with van der Waals surface area (Å²) < 4.78 is 25.7. The van der Waals surface area contributed by atoms with E-state index >= 15 is 0 Å². The fourth-order valence-corrected chi connectivity index (χ4v) is 4.01. The summed E-state index contributed by atoms with van der Waals surface area (Å²) in [6.07, 6.45) is 1.11. The van der Waals surface area contributed by atoms with Gasteiger partial charge in [-0.15, -0.1) is 0 Å². The van der Waals surface area contributed by atoms with Gasteiger partial charge in [-0.05, 0) is 56.5 Å². The summed E-state index contributed by atoms with van der Waals surface area (Å²) in [4.78, 5) is 12.7. The van der Waals surface area contributed by atoms with Gasteiger partial charge in [0.1, 0.15) is 6.04 Å². The summed E-state index contributed by atoms with van der Waals surface area (Å²) in [5, 5.41) is 2.92. The fourth-order valence-electron chi connectivity index (χ4n) is 2.83. The van der Waals surface area contributed by atoms with Gasteiger partial charge in [-0.2, -0.15) is 0 Å². The van der Waals surface area contributed by atoms with Crippen LogP contribution in [-0.4, -0.2) is 26.6 Å². The molecule has 0 radical (unpaired) electrons. The monoisotopic (exact) mass is 374 g/mol. The molecular weight excluding hydrogens is 348 g/mol. The standard InChI is InChI=1S/C20H26N2O3S/c1-14-11-12-18(13-15(14)2)16(3)21-20(23)17(4)22(26(5,24)25)19-9-7-6-8-10-19/h6-13,16-17H,1-5H3,(H,21,23)/t16-,17-/m1/s1. The van der Waals surface area contributed by atoms with E-state index in [-0.39, 0.29) is 11.9 Å². The Morgan fingerprint density at radius 2 is 1.62 bits per heavy atom. The highest BCUT2D eigenvalue weighted by Gasteiger charge is 2.29. The maximum absolute atomic E-state index is 12.7. The Labute approximate surface area is 156 Å². The van der Waals surface area contributed by atoms with Gasteiger partial charge in [0.25, 0.3) is 0 Å². The van der Waals surface area contributed by atoms with Crippen LogP contribution >= 0.6 is 0 Å². The van der Waals surface area contributed by atoms with Gasteiger partial charge in [0.15, 0.2) is 0 Å². The Hall–Kier alpha value is -2.34. The number of anilines is 1. The fraction of sp³-hybridized carbons (Fsp3) is 0.350. The molecule has 0 heterocycles. The number of benzene rings is 2. The van der Waals surface area contributed by atoms with Crippen molar-refractivity contribution in [3.8, 4) is 0 Å². The Balaban J connectivity index is 2.22. The van der Waals surface area contributed by atoms with Crippen LogP contribution in [0, 0.1) is 13.8 Å². The maximum Gasteiger partial charge on any atom is 0.244 e. The number of sulfonamides is 1. The quantitative estimate of drug-likeness (QED) is 0.843. The highest BCUT2D eigenvalue weighted by molar-refractivity contribution is 7.92. The van der Waals surface area contributed by atoms with E-state index in [1.54, 1.807) is 37.3 Å². The summed E-state index contributed by atoms with van der Waals surface area (Å²) in [5.41, 5.74) is 3.79. The Morgan fingerprint density at radius 3 is 2.15 bits per heavy atom. The lowest BCUT2D eigenvalue weighted by Crippen LogP contribution is -2.48. The van der Waals surface area contributed by atoms with Crippen molar-refractivity contribution in [3.63, 3.8) is 0 Å². The van der Waals surface area contributed by atoms with E-state index in [1.807, 2.05) is 39.0 Å². The van der Waals surface area contributed by atoms with Crippen LogP contribution in [0.15, 0.2) is 48.5 Å². The van der Waals surface area contributed by atoms with Gasteiger partial charge in [-0.3, -0.25) is 9.10 Å². The highest BCUT2D eigenvalue weighted by atomic mass is 32.2. The molecule has 0 bridgehead atoms. The molecule has 1 amide bonds. The molecule has 5 nitrogen and oxygen atoms in total. The predicted octanol–water partition coefficient (Wildman–Crippen LogP) is 3.34. The Kier molecular flexibility index (Phi) is 6.08. The summed E-state index contributed by atoms with van der Waals surface area (Å²) >= 11 is 0. The van der Waals surface area contributed by atoms with Crippen molar-refractivity contribution in [2.75, 3.05) is 10.6 Å². The minimum Gasteiger partial charge on any atom is -0.348 e. The molecule has 0 aliphatic rings. The van der Waals surface area contributed by atoms with Gasteiger partial charge in [-0.1, -0.05) is 36.4 Å². The van der Waals surface area contributed by atoms with Gasteiger partial charge < -0.3 is 5.32 Å². The number of amides is 1. The number of nitrogens with zero attached hydrogens (tertiary/aromatic N) is 1. The van der Waals surface area contributed by atoms with Crippen LogP contribution in [0.3, 0.4) is 0 Å². The van der Waals surface area contributed by atoms with E-state index in [4.69, 9.17) is 0 Å². The van der Waals surface area contributed by atoms with Crippen LogP contribution in [0.4, 0.5) is 5.69 Å². The second-order valence-corrected chi connectivity index (χ2v) is 8.50. The molecule has 1 N–H and O–H groups in total. The molecule has 2 aromatic carbocycles. The number of carbonyl (C=O) groups is 1. The molecular formula is C20H26N2O3S. The number of para-hydroxylation sites is 1. The van der Waals surface area contributed by atoms with Gasteiger partial charge in [0, 0.05) is 0 Å². The normalized spacial score (nSPS) is 13.7. The van der Waals surface area contributed by atoms with E-state index in [0.717, 1.165) is 21.7 Å². The molecule has 2 atom stereocenters. The van der Waals surface area contributed by atoms with Gasteiger partial charge in [0.05, 0.1) is 18.0 Å². The number of aryl methyl sites for hydroxylation is 2. The van der Waals surface area contributed by atoms with E-state index < -0.39 is 16.1 Å². The number of nitrogens with one attached hydrogen (secondary N) is 1. The zero-order valence-electron chi connectivity index (χ0n) is 15.9. The first-order chi connectivity index (χ1) is 12.1. The van der Waals surface area contributed by atoms with Gasteiger partial charge >= 0.3 is 0 Å². The third-order valence-electron chi connectivity index (χ3n) is 4.49. The first-order valence-corrected chi connectivity index (χ1v) is 10.4. The SMILES string of the molecule is Cc1ccc([C@@H](C)NC(=O)[C@@H](C)N(c2ccccc2)S(C)(=O)=O)cc1C. The van der Waals surface area contributed by atoms with Crippen molar-refractivity contribution in [2.24, 2.45) is 0 Å². The summed E-state index contributed by atoms with van der Waals surface area (Å²) in [5.74, 6) is -0.343. The Bertz CT molecular complexity index is 879. The lowest BCUT2D eigenvalue weighted by molar-refractivity contribution is -0.122. The number of carbonyl (C=O) groups excluding carboxylic acids is 1. The van der Waals surface area contributed by atoms with Crippen LogP contribution in [-0.2, 0) is 14.8 Å². The smallest absolute Gasteiger partial charge is 0.244 e. The summed E-state index contributed by atoms with van der Waals surface area (Å²) in [7, 11) is -3.60. The summed E-state index contributed by atoms with van der Waals surface area (Å²) in [6, 6.07) is 13.6. The molecule has 0 aromatic heterocycles. The van der Waals surface area contributed by atoms with E-state index in [0.29, 0.717) is 5.69 Å². The van der Waals surface area contributed by atoms with E-state index in [9.17, 15) is 13.2 Å². The third-order valence-corrected chi connectivity index (χ3v) is 5.73. The molecule has 0 fully saturated rings. The second-order valence-electron chi connectivity index (χ2n) is 6.64. The van der Waals surface area contributed by atoms with Crippen molar-refractivity contribution in [1.82, 2.24) is 5.32 Å². The molecule has 0 spiro atoms. The zero-order valence-corrected chi connectivity index (χ0v) is 16.7. The number of hydrogen-bond donors (Lipinski definition) is 1. The van der Waals surface area contributed by atoms with Gasteiger partial charge in [0.2, 0.25) is 15.9 Å². The minimum absolute atomic E-state index is 0.221. The van der Waals surface area contributed by atoms with Crippen molar-refractivity contribution >= 4 is 21.6 Å². The Morgan fingerprint density at radius 1 is 1.00 bits per heavy atom. The van der Waals surface area contributed by atoms with Crippen molar-refractivity contribution in [2.45, 2.75) is 39.8 Å². The van der Waals surface area contributed by atoms with Crippen LogP contribution in [0.1, 0.15) is 36.6 Å². The minimum atomic E-state index is -3.60. The highest BCUT2D eigenvalue weighted by Crippen LogP contribution is 2.21. The van der Waals surface area contributed by atoms with Crippen LogP contribution in [0.5, 0.6) is 0 Å². The average Bonchev–Trinajstić information content (AvgIpc) is 2.57. The first kappa shape index (κ1) is 20.0. The lowest BCUT2D eigenvalue weighted by Gasteiger charge is -2.29. The molecule has 140 valence electrons. The molecule has 26 heavy (non-hydrogen) atoms. The number of rotatable bonds is 6. The second kappa shape index (κ2) is 7.91. The van der Waals surface area contributed by atoms with Crippen molar-refractivity contribution < 1.29 is 13.2 Å².